The molecule has 0 spiro atoms. The van der Waals surface area contributed by atoms with Gasteiger partial charge in [0.15, 0.2) is 6.61 Å². The van der Waals surface area contributed by atoms with Gasteiger partial charge in [-0.2, -0.15) is 0 Å². The molecule has 3 nitrogen and oxygen atoms in total. The number of ether oxygens (including phenoxy) is 1. The molecule has 0 bridgehead atoms. The molecular formula is C15H21BrClNO2. The molecule has 5 heteroatoms. The smallest absolute Gasteiger partial charge is 0.257 e. The number of amides is 1. The summed E-state index contributed by atoms with van der Waals surface area (Å²) in [6.07, 6.45) is 2.17. The van der Waals surface area contributed by atoms with Gasteiger partial charge in [-0.05, 0) is 42.5 Å². The molecule has 1 N–H and O–H groups in total. The van der Waals surface area contributed by atoms with E-state index in [9.17, 15) is 4.79 Å². The molecule has 0 radical (unpaired) electrons. The molecular weight excluding hydrogens is 342 g/mol. The van der Waals surface area contributed by atoms with Crippen molar-refractivity contribution in [1.82, 2.24) is 5.32 Å². The van der Waals surface area contributed by atoms with Crippen molar-refractivity contribution in [3.05, 3.63) is 29.3 Å². The van der Waals surface area contributed by atoms with Crippen LogP contribution < -0.4 is 10.1 Å². The van der Waals surface area contributed by atoms with Gasteiger partial charge in [-0.3, -0.25) is 4.79 Å². The largest absolute Gasteiger partial charge is 0.484 e. The molecule has 0 saturated heterocycles. The van der Waals surface area contributed by atoms with E-state index in [1.807, 2.05) is 0 Å². The van der Waals surface area contributed by atoms with Crippen molar-refractivity contribution in [2.75, 3.05) is 18.5 Å². The molecule has 1 amide bonds. The van der Waals surface area contributed by atoms with Gasteiger partial charge in [-0.1, -0.05) is 41.4 Å². The van der Waals surface area contributed by atoms with Crippen molar-refractivity contribution in [2.24, 2.45) is 5.41 Å². The Bertz CT molecular complexity index is 420. The Hall–Kier alpha value is -0.740. The number of benzene rings is 1. The summed E-state index contributed by atoms with van der Waals surface area (Å²) in [5.74, 6) is 0.537. The Balaban J connectivity index is 2.28. The summed E-state index contributed by atoms with van der Waals surface area (Å²) in [5.41, 5.74) is 0.101. The highest BCUT2D eigenvalue weighted by Crippen LogP contribution is 2.21. The fraction of sp³-hybridized carbons (Fsp3) is 0.533. The van der Waals surface area contributed by atoms with Gasteiger partial charge in [0.05, 0.1) is 0 Å². The number of carbonyl (C=O) groups is 1. The molecule has 0 aliphatic carbocycles. The van der Waals surface area contributed by atoms with E-state index in [1.54, 1.807) is 24.3 Å². The number of hydrogen-bond acceptors (Lipinski definition) is 2. The number of rotatable bonds is 8. The minimum Gasteiger partial charge on any atom is -0.484 e. The maximum Gasteiger partial charge on any atom is 0.257 e. The molecule has 0 atom stereocenters. The number of nitrogens with one attached hydrogen (secondary N) is 1. The Morgan fingerprint density at radius 1 is 1.35 bits per heavy atom. The molecule has 0 aliphatic rings. The van der Waals surface area contributed by atoms with Crippen molar-refractivity contribution in [3.8, 4) is 5.75 Å². The standard InChI is InChI=1S/C15H21BrClNO2/c1-15(2,8-3-9-16)11-18-14(19)10-20-13-6-4-12(17)5-7-13/h4-7H,3,8-11H2,1-2H3,(H,18,19). The van der Waals surface area contributed by atoms with Crippen LogP contribution in [0.5, 0.6) is 5.75 Å². The van der Waals surface area contributed by atoms with Crippen LogP contribution in [0, 0.1) is 5.41 Å². The van der Waals surface area contributed by atoms with Crippen molar-refractivity contribution < 1.29 is 9.53 Å². The third-order valence-electron chi connectivity index (χ3n) is 2.93. The molecule has 1 aromatic carbocycles. The van der Waals surface area contributed by atoms with Gasteiger partial charge in [-0.15, -0.1) is 0 Å². The van der Waals surface area contributed by atoms with E-state index >= 15 is 0 Å². The number of hydrogen-bond donors (Lipinski definition) is 1. The first kappa shape index (κ1) is 17.3. The maximum atomic E-state index is 11.7. The SMILES string of the molecule is CC(C)(CCCBr)CNC(=O)COc1ccc(Cl)cc1. The average molecular weight is 363 g/mol. The van der Waals surface area contributed by atoms with Crippen molar-refractivity contribution in [2.45, 2.75) is 26.7 Å². The van der Waals surface area contributed by atoms with Crippen LogP contribution in [-0.2, 0) is 4.79 Å². The lowest BCUT2D eigenvalue weighted by Crippen LogP contribution is -2.36. The lowest BCUT2D eigenvalue weighted by Gasteiger charge is -2.24. The zero-order valence-electron chi connectivity index (χ0n) is 11.9. The predicted molar refractivity (Wildman–Crippen MR) is 86.8 cm³/mol. The molecule has 112 valence electrons. The zero-order valence-corrected chi connectivity index (χ0v) is 14.3. The Morgan fingerprint density at radius 3 is 2.60 bits per heavy atom. The maximum absolute atomic E-state index is 11.7. The summed E-state index contributed by atoms with van der Waals surface area (Å²) in [4.78, 5) is 11.7. The van der Waals surface area contributed by atoms with Gasteiger partial charge in [0.1, 0.15) is 5.75 Å². The second kappa shape index (κ2) is 8.53. The summed E-state index contributed by atoms with van der Waals surface area (Å²) < 4.78 is 5.39. The van der Waals surface area contributed by atoms with Crippen LogP contribution in [0.15, 0.2) is 24.3 Å². The molecule has 0 saturated carbocycles. The van der Waals surface area contributed by atoms with Crippen LogP contribution in [-0.4, -0.2) is 24.4 Å². The quantitative estimate of drug-likeness (QED) is 0.709. The molecule has 1 rings (SSSR count). The van der Waals surface area contributed by atoms with Crippen molar-refractivity contribution in [1.29, 1.82) is 0 Å². The van der Waals surface area contributed by atoms with Crippen LogP contribution in [0.25, 0.3) is 0 Å². The summed E-state index contributed by atoms with van der Waals surface area (Å²) in [5, 5.41) is 4.55. The minimum atomic E-state index is -0.105. The van der Waals surface area contributed by atoms with Gasteiger partial charge >= 0.3 is 0 Å². The highest BCUT2D eigenvalue weighted by atomic mass is 79.9. The first-order valence-electron chi connectivity index (χ1n) is 6.64. The molecule has 0 fully saturated rings. The molecule has 0 aliphatic heterocycles. The van der Waals surface area contributed by atoms with Gasteiger partial charge in [0, 0.05) is 16.9 Å². The molecule has 1 aromatic rings. The number of alkyl halides is 1. The highest BCUT2D eigenvalue weighted by Gasteiger charge is 2.18. The fourth-order valence-electron chi connectivity index (χ4n) is 1.70. The third-order valence-corrected chi connectivity index (χ3v) is 3.75. The van der Waals surface area contributed by atoms with Crippen LogP contribution in [0.2, 0.25) is 5.02 Å². The highest BCUT2D eigenvalue weighted by molar-refractivity contribution is 9.09. The topological polar surface area (TPSA) is 38.3 Å². The first-order chi connectivity index (χ1) is 9.43. The third kappa shape index (κ3) is 7.15. The summed E-state index contributed by atoms with van der Waals surface area (Å²) in [6, 6.07) is 6.96. The monoisotopic (exact) mass is 361 g/mol. The Labute approximate surface area is 134 Å². The Kier molecular flexibility index (Phi) is 7.38. The second-order valence-electron chi connectivity index (χ2n) is 5.48. The van der Waals surface area contributed by atoms with E-state index in [2.05, 4.69) is 35.1 Å². The molecule has 0 heterocycles. The first-order valence-corrected chi connectivity index (χ1v) is 8.14. The summed E-state index contributed by atoms with van der Waals surface area (Å²) in [7, 11) is 0. The van der Waals surface area contributed by atoms with Crippen LogP contribution in [0.1, 0.15) is 26.7 Å². The summed E-state index contributed by atoms with van der Waals surface area (Å²) in [6.45, 7) is 4.98. The molecule has 0 aromatic heterocycles. The van der Waals surface area contributed by atoms with Crippen molar-refractivity contribution in [3.63, 3.8) is 0 Å². The average Bonchev–Trinajstić information content (AvgIpc) is 2.42. The van der Waals surface area contributed by atoms with Crippen LogP contribution in [0.4, 0.5) is 0 Å². The fourth-order valence-corrected chi connectivity index (χ4v) is 2.11. The minimum absolute atomic E-state index is 0.0240. The van der Waals surface area contributed by atoms with E-state index in [4.69, 9.17) is 16.3 Å². The lowest BCUT2D eigenvalue weighted by molar-refractivity contribution is -0.123. The van der Waals surface area contributed by atoms with E-state index in [-0.39, 0.29) is 17.9 Å². The number of halogens is 2. The van der Waals surface area contributed by atoms with Gasteiger partial charge in [-0.25, -0.2) is 0 Å². The van der Waals surface area contributed by atoms with E-state index < -0.39 is 0 Å². The van der Waals surface area contributed by atoms with E-state index in [1.165, 1.54) is 0 Å². The van der Waals surface area contributed by atoms with Crippen LogP contribution >= 0.6 is 27.5 Å². The van der Waals surface area contributed by atoms with Crippen LogP contribution in [0.3, 0.4) is 0 Å². The van der Waals surface area contributed by atoms with Gasteiger partial charge in [0.2, 0.25) is 0 Å². The van der Waals surface area contributed by atoms with Gasteiger partial charge in [0.25, 0.3) is 5.91 Å². The van der Waals surface area contributed by atoms with Crippen molar-refractivity contribution >= 4 is 33.4 Å². The Morgan fingerprint density at radius 2 is 2.00 bits per heavy atom. The van der Waals surface area contributed by atoms with E-state index in [0.717, 1.165) is 18.2 Å². The molecule has 20 heavy (non-hydrogen) atoms. The number of carbonyl (C=O) groups excluding carboxylic acids is 1. The van der Waals surface area contributed by atoms with E-state index in [0.29, 0.717) is 17.3 Å². The molecule has 0 unspecified atom stereocenters. The summed E-state index contributed by atoms with van der Waals surface area (Å²) >= 11 is 9.20. The zero-order chi connectivity index (χ0) is 15.0. The predicted octanol–water partition coefficient (Wildman–Crippen LogP) is 4.04. The second-order valence-corrected chi connectivity index (χ2v) is 6.71. The van der Waals surface area contributed by atoms with Gasteiger partial charge < -0.3 is 10.1 Å². The lowest BCUT2D eigenvalue weighted by atomic mass is 9.88. The normalized spacial score (nSPS) is 11.2.